The fourth-order valence-corrected chi connectivity index (χ4v) is 12.1. The Morgan fingerprint density at radius 1 is 0.489 bits per heavy atom. The molecule has 4 aliphatic heterocycles. The zero-order valence-corrected chi connectivity index (χ0v) is 53.1. The summed E-state index contributed by atoms with van der Waals surface area (Å²) in [6.07, 6.45) is -38.0. The molecular formula is C42H78BrN3O37S5. The van der Waals surface area contributed by atoms with Gasteiger partial charge in [0.05, 0.1) is 39.4 Å². The number of carboxylic acid groups (broad SMARTS) is 2. The number of halogens is 1. The van der Waals surface area contributed by atoms with Crippen LogP contribution in [-0.4, -0.2) is 290 Å². The first-order valence-corrected chi connectivity index (χ1v) is 33.5. The van der Waals surface area contributed by atoms with Crippen LogP contribution in [0.25, 0.3) is 0 Å². The summed E-state index contributed by atoms with van der Waals surface area (Å²) in [4.78, 5) is 36.4. The predicted octanol–water partition coefficient (Wildman–Crippen LogP) is -8.70. The summed E-state index contributed by atoms with van der Waals surface area (Å²) in [5, 5.41) is 86.0. The Morgan fingerprint density at radius 3 is 1.31 bits per heavy atom. The van der Waals surface area contributed by atoms with Crippen LogP contribution in [-0.2, 0) is 116 Å². The van der Waals surface area contributed by atoms with E-state index in [-0.39, 0.29) is 17.0 Å². The molecule has 15 N–H and O–H groups in total. The highest BCUT2D eigenvalue weighted by Crippen LogP contribution is 2.38. The van der Waals surface area contributed by atoms with Crippen LogP contribution < -0.4 is 27.0 Å². The third-order valence-corrected chi connectivity index (χ3v) is 16.0. The van der Waals surface area contributed by atoms with Crippen molar-refractivity contribution in [2.75, 3.05) is 39.4 Å². The molecular weight excluding hydrogens is 1380 g/mol. The van der Waals surface area contributed by atoms with E-state index < -0.39 is 206 Å². The maximum atomic E-state index is 12.7. The van der Waals surface area contributed by atoms with Crippen molar-refractivity contribution >= 4 is 69.7 Å². The molecule has 4 rings (SSSR count). The van der Waals surface area contributed by atoms with Crippen molar-refractivity contribution in [3.05, 3.63) is 0 Å². The molecule has 0 unspecified atom stereocenters. The summed E-state index contributed by atoms with van der Waals surface area (Å²) in [6.45, 7) is 12.8. The van der Waals surface area contributed by atoms with Crippen molar-refractivity contribution in [1.82, 2.24) is 10.0 Å². The van der Waals surface area contributed by atoms with Crippen molar-refractivity contribution in [1.29, 1.82) is 0 Å². The summed E-state index contributed by atoms with van der Waals surface area (Å²) >= 11 is 0. The molecule has 520 valence electrons. The number of quaternary nitrogens is 1. The lowest BCUT2D eigenvalue weighted by molar-refractivity contribution is -0.929. The topological polar surface area (TPSA) is 610 Å². The van der Waals surface area contributed by atoms with Crippen LogP contribution in [0.4, 0.5) is 0 Å². The molecule has 0 aromatic carbocycles. The number of carbonyl (C=O) groups excluding carboxylic acids is 1. The smallest absolute Gasteiger partial charge is 0.397 e. The summed E-state index contributed by atoms with van der Waals surface area (Å²) in [5.74, 6) is -5.49. The van der Waals surface area contributed by atoms with Crippen molar-refractivity contribution in [2.24, 2.45) is 0 Å². The highest BCUT2D eigenvalue weighted by atomic mass is 79.9. The Balaban J connectivity index is 0.00000127. The molecule has 0 bridgehead atoms. The summed E-state index contributed by atoms with van der Waals surface area (Å²) < 4.78 is 224. The molecule has 0 aromatic rings. The van der Waals surface area contributed by atoms with Crippen molar-refractivity contribution < 1.29 is 191 Å². The van der Waals surface area contributed by atoms with Gasteiger partial charge in [0.1, 0.15) is 73.1 Å². The van der Waals surface area contributed by atoms with Crippen LogP contribution in [0.15, 0.2) is 0 Å². The molecule has 88 heavy (non-hydrogen) atoms. The highest BCUT2D eigenvalue weighted by molar-refractivity contribution is 7.83. The minimum absolute atomic E-state index is 0. The highest BCUT2D eigenvalue weighted by Gasteiger charge is 2.60. The number of aliphatic hydroxyl groups excluding tert-OH is 6. The average Bonchev–Trinajstić information content (AvgIpc) is 0.853. The number of carboxylic acids is 2. The Bertz CT molecular complexity index is 2760. The number of nitrogens with zero attached hydrogens (tertiary/aromatic N) is 1. The van der Waals surface area contributed by atoms with Gasteiger partial charge in [0.2, 0.25) is 5.91 Å². The second kappa shape index (κ2) is 35.3. The number of ether oxygens (including phenoxy) is 7. The van der Waals surface area contributed by atoms with E-state index in [1.54, 1.807) is 0 Å². The van der Waals surface area contributed by atoms with Crippen molar-refractivity contribution in [3.63, 3.8) is 0 Å². The van der Waals surface area contributed by atoms with Gasteiger partial charge in [0.15, 0.2) is 49.6 Å². The quantitative estimate of drug-likeness (QED) is 0.0214. The fraction of sp³-hybridized carbons (Fsp3) is 0.929. The van der Waals surface area contributed by atoms with Gasteiger partial charge in [0, 0.05) is 6.92 Å². The maximum absolute atomic E-state index is 12.7. The number of amides is 1. The SMILES string of the molecule is CC(=O)N[C@@H]1[C@@H](O)[C@H](O[C@@H]2O[C@H](C(=O)O)[C@@H](O[C@@H]3O[C@H](CO)[C@@H](O[C@H]4O[C@@H](C(=O)O)[C@H](O)[C@@H](O)[C@@H]4OS(=O)(=O)O)[C@H](OS(=O)(=O)O)[C@H]3NS(=O)(=O)O)[C@H](O)[C@H]2OS(=O)(=O)O)[C@H](COS(=O)(=O)O)O[C@H]1O.CCCC[N+](CCCC)(CCCC)CCCC.[Br-]. The largest absolute Gasteiger partial charge is 1.00 e. The lowest BCUT2D eigenvalue weighted by Crippen LogP contribution is -3.00. The van der Waals surface area contributed by atoms with Gasteiger partial charge in [-0.25, -0.2) is 26.3 Å². The zero-order valence-electron chi connectivity index (χ0n) is 47.4. The van der Waals surface area contributed by atoms with E-state index in [2.05, 4.69) is 44.4 Å². The van der Waals surface area contributed by atoms with Gasteiger partial charge in [0.25, 0.3) is 0 Å². The Labute approximate surface area is 516 Å². The predicted molar refractivity (Wildman–Crippen MR) is 280 cm³/mol. The molecule has 46 heteroatoms. The summed E-state index contributed by atoms with van der Waals surface area (Å²) in [7, 11) is -29.1. The van der Waals surface area contributed by atoms with Gasteiger partial charge in [-0.3, -0.25) is 27.6 Å². The first-order chi connectivity index (χ1) is 40.0. The van der Waals surface area contributed by atoms with Gasteiger partial charge >= 0.3 is 63.8 Å². The van der Waals surface area contributed by atoms with E-state index >= 15 is 0 Å². The molecule has 0 spiro atoms. The van der Waals surface area contributed by atoms with Crippen LogP contribution in [0.5, 0.6) is 0 Å². The van der Waals surface area contributed by atoms with Crippen LogP contribution in [0.2, 0.25) is 0 Å². The third-order valence-electron chi connectivity index (χ3n) is 13.6. The second-order valence-corrected chi connectivity index (χ2v) is 25.7. The Morgan fingerprint density at radius 2 is 0.909 bits per heavy atom. The minimum Gasteiger partial charge on any atom is -1.00 e. The molecule has 0 aromatic heterocycles. The fourth-order valence-electron chi connectivity index (χ4n) is 9.70. The van der Waals surface area contributed by atoms with E-state index in [9.17, 15) is 116 Å². The molecule has 4 saturated heterocycles. The minimum atomic E-state index is -6.09. The number of aliphatic hydroxyl groups is 6. The lowest BCUT2D eigenvalue weighted by atomic mass is 9.94. The van der Waals surface area contributed by atoms with E-state index in [1.807, 2.05) is 5.32 Å². The van der Waals surface area contributed by atoms with E-state index in [1.165, 1.54) is 86.8 Å². The molecule has 4 heterocycles. The van der Waals surface area contributed by atoms with E-state index in [0.29, 0.717) is 0 Å². The number of aliphatic carboxylic acids is 2. The third kappa shape index (κ3) is 25.5. The molecule has 20 atom stereocenters. The number of nitrogens with one attached hydrogen (secondary N) is 2. The second-order valence-electron chi connectivity index (χ2n) is 20.3. The summed E-state index contributed by atoms with van der Waals surface area (Å²) in [6, 6.07) is -4.96. The molecule has 0 radical (unpaired) electrons. The lowest BCUT2D eigenvalue weighted by Gasteiger charge is -2.50. The van der Waals surface area contributed by atoms with Crippen molar-refractivity contribution in [2.45, 2.75) is 209 Å². The molecule has 0 saturated carbocycles. The Hall–Kier alpha value is -2.32. The van der Waals surface area contributed by atoms with Gasteiger partial charge in [-0.15, -0.1) is 0 Å². The van der Waals surface area contributed by atoms with Gasteiger partial charge < -0.3 is 101 Å². The number of hydrogen-bond donors (Lipinski definition) is 15. The van der Waals surface area contributed by atoms with Gasteiger partial charge in [-0.05, 0) is 25.7 Å². The van der Waals surface area contributed by atoms with Crippen LogP contribution in [0, 0.1) is 0 Å². The van der Waals surface area contributed by atoms with Gasteiger partial charge in [-0.1, -0.05) is 53.4 Å². The van der Waals surface area contributed by atoms with Crippen LogP contribution in [0.3, 0.4) is 0 Å². The standard InChI is InChI=1S/C26H42N2O37S5.C16H36N.BrH/c1-4(30)27-7-9(31)13(6(56-23(7)39)3-55-67(43,44)45)58-26-19(65-70(52,53)54)12(34)16(20(62-26)22(37)38)60-24-8(28-66(40,41)42)15(63-68(46,47)48)14(5(2-29)57-24)59-25-18(64-69(49,50)51)11(33)10(32)17(61-25)21(35)36;1-5-9-13-17(14-10-6-2,15-11-7-3)16-12-8-4;/h5-20,23-26,28-29,31-34,39H,2-3H2,1H3,(H,27,30)(H,35,36)(H,37,38)(H,40,41,42)(H,43,44,45)(H,46,47,48)(H,49,50,51)(H,52,53,54);5-16H2,1-4H3;1H/q;+1;/p-1/t5-,6+,7-,8-,9-,10-,11-,12+,13-,14-,15-,16+,17-,18+,19-,20+,23-,24+,25+,26-;;/m1../s1. The van der Waals surface area contributed by atoms with E-state index in [4.69, 9.17) is 37.7 Å². The molecule has 0 aliphatic carbocycles. The van der Waals surface area contributed by atoms with Gasteiger partial charge in [-0.2, -0.15) is 46.8 Å². The number of carbonyl (C=O) groups is 3. The molecule has 1 amide bonds. The summed E-state index contributed by atoms with van der Waals surface area (Å²) in [5.41, 5.74) is 0. The Kier molecular flexibility index (Phi) is 32.8. The molecule has 4 fully saturated rings. The van der Waals surface area contributed by atoms with Crippen LogP contribution >= 0.6 is 0 Å². The number of rotatable bonds is 33. The molecule has 4 aliphatic rings. The van der Waals surface area contributed by atoms with E-state index in [0.717, 1.165) is 6.92 Å². The maximum Gasteiger partial charge on any atom is 0.397 e. The first-order valence-electron chi connectivity index (χ1n) is 26.6. The number of unbranched alkanes of at least 4 members (excludes halogenated alkanes) is 4. The first kappa shape index (κ1) is 81.8. The van der Waals surface area contributed by atoms with Crippen molar-refractivity contribution in [3.8, 4) is 0 Å². The number of hydrogen-bond acceptors (Lipinski definition) is 30. The zero-order chi connectivity index (χ0) is 66.4. The average molecular weight is 1460 g/mol. The normalized spacial score (nSPS) is 33.5. The monoisotopic (exact) mass is 1460 g/mol. The molecule has 40 nitrogen and oxygen atoms in total. The van der Waals surface area contributed by atoms with Crippen LogP contribution in [0.1, 0.15) is 86.0 Å².